The second-order valence-corrected chi connectivity index (χ2v) is 3.76. The second-order valence-electron chi connectivity index (χ2n) is 3.76. The zero-order valence-corrected chi connectivity index (χ0v) is 9.44. The Labute approximate surface area is 95.0 Å². The largest absolute Gasteiger partial charge is 0.494 e. The van der Waals surface area contributed by atoms with E-state index in [1.807, 2.05) is 0 Å². The molecule has 2 N–H and O–H groups in total. The van der Waals surface area contributed by atoms with E-state index in [-0.39, 0.29) is 24.3 Å². The van der Waals surface area contributed by atoms with E-state index in [4.69, 9.17) is 10.5 Å². The van der Waals surface area contributed by atoms with Crippen molar-refractivity contribution in [3.63, 3.8) is 0 Å². The SMILES string of the molecule is COc1cc2c(cc1F)C[C@H](N)CC2.Cl. The molecule has 0 unspecified atom stereocenters. The van der Waals surface area contributed by atoms with Crippen molar-refractivity contribution < 1.29 is 9.13 Å². The van der Waals surface area contributed by atoms with Crippen molar-refractivity contribution in [1.82, 2.24) is 0 Å². The van der Waals surface area contributed by atoms with Gasteiger partial charge in [-0.15, -0.1) is 12.4 Å². The molecule has 0 heterocycles. The normalized spacial score (nSPS) is 19.0. The Balaban J connectivity index is 0.00000112. The lowest BCUT2D eigenvalue weighted by Crippen LogP contribution is -2.27. The molecule has 0 aromatic heterocycles. The molecular formula is C11H15ClFNO. The third kappa shape index (κ3) is 2.41. The van der Waals surface area contributed by atoms with Gasteiger partial charge in [0, 0.05) is 6.04 Å². The minimum atomic E-state index is -0.291. The highest BCUT2D eigenvalue weighted by molar-refractivity contribution is 5.85. The molecule has 0 radical (unpaired) electrons. The van der Waals surface area contributed by atoms with Crippen molar-refractivity contribution in [2.24, 2.45) is 5.73 Å². The third-order valence-electron chi connectivity index (χ3n) is 2.74. The number of benzene rings is 1. The quantitative estimate of drug-likeness (QED) is 0.803. The minimum Gasteiger partial charge on any atom is -0.494 e. The van der Waals surface area contributed by atoms with Gasteiger partial charge in [0.1, 0.15) is 0 Å². The van der Waals surface area contributed by atoms with Crippen LogP contribution in [0.4, 0.5) is 4.39 Å². The maximum absolute atomic E-state index is 13.3. The maximum atomic E-state index is 13.3. The number of ether oxygens (including phenoxy) is 1. The number of halogens is 2. The van der Waals surface area contributed by atoms with Crippen LogP contribution in [0, 0.1) is 5.82 Å². The topological polar surface area (TPSA) is 35.2 Å². The van der Waals surface area contributed by atoms with Gasteiger partial charge in [-0.3, -0.25) is 0 Å². The van der Waals surface area contributed by atoms with Crippen molar-refractivity contribution in [3.05, 3.63) is 29.1 Å². The van der Waals surface area contributed by atoms with Gasteiger partial charge < -0.3 is 10.5 Å². The van der Waals surface area contributed by atoms with Crippen molar-refractivity contribution in [1.29, 1.82) is 0 Å². The van der Waals surface area contributed by atoms with Gasteiger partial charge in [-0.2, -0.15) is 0 Å². The Kier molecular flexibility index (Phi) is 3.94. The first-order valence-electron chi connectivity index (χ1n) is 4.81. The molecule has 0 amide bonds. The fraction of sp³-hybridized carbons (Fsp3) is 0.455. The molecule has 4 heteroatoms. The number of rotatable bonds is 1. The van der Waals surface area contributed by atoms with Crippen LogP contribution in [-0.4, -0.2) is 13.2 Å². The van der Waals surface area contributed by atoms with Crippen LogP contribution < -0.4 is 10.5 Å². The van der Waals surface area contributed by atoms with E-state index >= 15 is 0 Å². The average Bonchev–Trinajstić information content (AvgIpc) is 2.16. The molecule has 1 aromatic rings. The van der Waals surface area contributed by atoms with E-state index in [0.29, 0.717) is 5.75 Å². The summed E-state index contributed by atoms with van der Waals surface area (Å²) in [4.78, 5) is 0. The molecule has 1 aliphatic rings. The smallest absolute Gasteiger partial charge is 0.165 e. The van der Waals surface area contributed by atoms with Gasteiger partial charge in [-0.05, 0) is 42.5 Å². The van der Waals surface area contributed by atoms with E-state index in [1.165, 1.54) is 12.7 Å². The Morgan fingerprint density at radius 1 is 1.40 bits per heavy atom. The zero-order chi connectivity index (χ0) is 10.1. The van der Waals surface area contributed by atoms with Gasteiger partial charge >= 0.3 is 0 Å². The molecular weight excluding hydrogens is 217 g/mol. The molecule has 2 rings (SSSR count). The molecule has 1 aromatic carbocycles. The predicted molar refractivity (Wildman–Crippen MR) is 60.2 cm³/mol. The van der Waals surface area contributed by atoms with E-state index < -0.39 is 0 Å². The number of nitrogens with two attached hydrogens (primary N) is 1. The summed E-state index contributed by atoms with van der Waals surface area (Å²) in [5.41, 5.74) is 8.02. The number of fused-ring (bicyclic) bond motifs is 1. The molecule has 0 aliphatic heterocycles. The van der Waals surface area contributed by atoms with E-state index in [2.05, 4.69) is 0 Å². The minimum absolute atomic E-state index is 0. The lowest BCUT2D eigenvalue weighted by molar-refractivity contribution is 0.384. The summed E-state index contributed by atoms with van der Waals surface area (Å²) in [6.45, 7) is 0. The highest BCUT2D eigenvalue weighted by atomic mass is 35.5. The predicted octanol–water partition coefficient (Wildman–Crippen LogP) is 2.07. The van der Waals surface area contributed by atoms with Crippen LogP contribution in [0.3, 0.4) is 0 Å². The number of aryl methyl sites for hydroxylation is 1. The maximum Gasteiger partial charge on any atom is 0.165 e. The van der Waals surface area contributed by atoms with Gasteiger partial charge in [-0.1, -0.05) is 0 Å². The van der Waals surface area contributed by atoms with E-state index in [1.54, 1.807) is 12.1 Å². The van der Waals surface area contributed by atoms with Crippen molar-refractivity contribution >= 4 is 12.4 Å². The highest BCUT2D eigenvalue weighted by Gasteiger charge is 2.18. The number of hydrogen-bond acceptors (Lipinski definition) is 2. The molecule has 0 saturated carbocycles. The third-order valence-corrected chi connectivity index (χ3v) is 2.74. The van der Waals surface area contributed by atoms with Crippen LogP contribution in [0.1, 0.15) is 17.5 Å². The fourth-order valence-electron chi connectivity index (χ4n) is 1.94. The van der Waals surface area contributed by atoms with Crippen LogP contribution in [0.5, 0.6) is 5.75 Å². The Morgan fingerprint density at radius 2 is 2.13 bits per heavy atom. The van der Waals surface area contributed by atoms with Crippen LogP contribution in [0.2, 0.25) is 0 Å². The van der Waals surface area contributed by atoms with Gasteiger partial charge in [0.15, 0.2) is 11.6 Å². The number of methoxy groups -OCH3 is 1. The fourth-order valence-corrected chi connectivity index (χ4v) is 1.94. The molecule has 1 atom stereocenters. The highest BCUT2D eigenvalue weighted by Crippen LogP contribution is 2.27. The van der Waals surface area contributed by atoms with Crippen molar-refractivity contribution in [2.75, 3.05) is 7.11 Å². The van der Waals surface area contributed by atoms with Crippen molar-refractivity contribution in [3.8, 4) is 5.75 Å². The van der Waals surface area contributed by atoms with Crippen LogP contribution in [0.15, 0.2) is 12.1 Å². The van der Waals surface area contributed by atoms with E-state index in [0.717, 1.165) is 24.8 Å². The standard InChI is InChI=1S/C11H14FNO.ClH/c1-14-11-6-7-2-3-9(13)4-8(7)5-10(11)12;/h5-6,9H,2-4,13H2,1H3;1H/t9-;/m1./s1. The van der Waals surface area contributed by atoms with Gasteiger partial charge in [0.2, 0.25) is 0 Å². The van der Waals surface area contributed by atoms with Crippen LogP contribution in [0.25, 0.3) is 0 Å². The molecule has 2 nitrogen and oxygen atoms in total. The monoisotopic (exact) mass is 231 g/mol. The van der Waals surface area contributed by atoms with Gasteiger partial charge in [0.05, 0.1) is 7.11 Å². The van der Waals surface area contributed by atoms with Gasteiger partial charge in [-0.25, -0.2) is 4.39 Å². The Morgan fingerprint density at radius 3 is 2.80 bits per heavy atom. The van der Waals surface area contributed by atoms with Gasteiger partial charge in [0.25, 0.3) is 0 Å². The molecule has 0 saturated heterocycles. The summed E-state index contributed by atoms with van der Waals surface area (Å²) < 4.78 is 18.3. The van der Waals surface area contributed by atoms with Crippen LogP contribution >= 0.6 is 12.4 Å². The summed E-state index contributed by atoms with van der Waals surface area (Å²) in [6, 6.07) is 3.51. The molecule has 84 valence electrons. The summed E-state index contributed by atoms with van der Waals surface area (Å²) in [6.07, 6.45) is 2.67. The Hall–Kier alpha value is -0.800. The average molecular weight is 232 g/mol. The van der Waals surface area contributed by atoms with Crippen LogP contribution in [-0.2, 0) is 12.8 Å². The summed E-state index contributed by atoms with van der Waals surface area (Å²) in [5, 5.41) is 0. The molecule has 15 heavy (non-hydrogen) atoms. The lowest BCUT2D eigenvalue weighted by atomic mass is 9.88. The number of hydrogen-bond donors (Lipinski definition) is 1. The summed E-state index contributed by atoms with van der Waals surface area (Å²) >= 11 is 0. The first kappa shape index (κ1) is 12.3. The Bertz CT molecular complexity index is 357. The first-order valence-corrected chi connectivity index (χ1v) is 4.81. The van der Waals surface area contributed by atoms with E-state index in [9.17, 15) is 4.39 Å². The summed E-state index contributed by atoms with van der Waals surface area (Å²) in [5.74, 6) is 0.0413. The van der Waals surface area contributed by atoms with Crippen molar-refractivity contribution in [2.45, 2.75) is 25.3 Å². The summed E-state index contributed by atoms with van der Waals surface area (Å²) in [7, 11) is 1.49. The lowest BCUT2D eigenvalue weighted by Gasteiger charge is -2.21. The first-order chi connectivity index (χ1) is 6.70. The molecule has 0 fully saturated rings. The molecule has 0 spiro atoms. The second kappa shape index (κ2) is 4.81. The zero-order valence-electron chi connectivity index (χ0n) is 8.63. The molecule has 0 bridgehead atoms. The molecule has 1 aliphatic carbocycles.